The number of nitrogens with one attached hydrogen (secondary N) is 1. The molecule has 1 atom stereocenters. The molecule has 29 heavy (non-hydrogen) atoms. The van der Waals surface area contributed by atoms with Crippen LogP contribution in [0.1, 0.15) is 36.8 Å². The van der Waals surface area contributed by atoms with Crippen molar-refractivity contribution in [2.75, 3.05) is 19.3 Å². The number of ether oxygens (including phenoxy) is 2. The molecule has 0 aliphatic carbocycles. The average Bonchev–Trinajstić information content (AvgIpc) is 2.98. The van der Waals surface area contributed by atoms with Crippen molar-refractivity contribution in [1.29, 1.82) is 0 Å². The van der Waals surface area contributed by atoms with Crippen LogP contribution >= 0.6 is 11.6 Å². The van der Waals surface area contributed by atoms with Crippen LogP contribution in [0.4, 0.5) is 4.39 Å². The second kappa shape index (κ2) is 8.47. The number of rotatable bonds is 2. The molecule has 158 valence electrons. The normalized spacial score (nSPS) is 21.4. The van der Waals surface area contributed by atoms with Gasteiger partial charge in [0.1, 0.15) is 5.82 Å². The van der Waals surface area contributed by atoms with Crippen molar-refractivity contribution >= 4 is 21.7 Å². The van der Waals surface area contributed by atoms with Gasteiger partial charge >= 0.3 is 0 Å². The van der Waals surface area contributed by atoms with Crippen LogP contribution in [0.15, 0.2) is 36.4 Å². The first-order valence-corrected chi connectivity index (χ1v) is 11.4. The van der Waals surface area contributed by atoms with Crippen LogP contribution < -0.4 is 14.8 Å². The second-order valence-electron chi connectivity index (χ2n) is 7.21. The van der Waals surface area contributed by atoms with Crippen molar-refractivity contribution < 1.29 is 26.8 Å². The highest BCUT2D eigenvalue weighted by atomic mass is 35.5. The lowest BCUT2D eigenvalue weighted by atomic mass is 9.89. The first-order valence-electron chi connectivity index (χ1n) is 9.16. The Balaban J connectivity index is 0.000000431. The number of benzene rings is 2. The molecule has 6 nitrogen and oxygen atoms in total. The zero-order valence-corrected chi connectivity index (χ0v) is 17.7. The minimum atomic E-state index is -3.67. The van der Waals surface area contributed by atoms with E-state index in [1.165, 1.54) is 6.07 Å². The van der Waals surface area contributed by atoms with Gasteiger partial charge in [-0.25, -0.2) is 4.39 Å². The van der Waals surface area contributed by atoms with E-state index in [9.17, 15) is 12.8 Å². The van der Waals surface area contributed by atoms with Gasteiger partial charge in [0.05, 0.1) is 11.8 Å². The molecule has 2 aromatic rings. The summed E-state index contributed by atoms with van der Waals surface area (Å²) in [5.41, 5.74) is 1.49. The van der Waals surface area contributed by atoms with Crippen molar-refractivity contribution in [1.82, 2.24) is 5.32 Å². The molecule has 0 amide bonds. The first-order chi connectivity index (χ1) is 13.6. The number of para-hydroxylation sites is 1. The van der Waals surface area contributed by atoms with Gasteiger partial charge in [0.2, 0.25) is 0 Å². The maximum absolute atomic E-state index is 14.4. The molecule has 4 rings (SSSR count). The maximum atomic E-state index is 14.4. The molecule has 1 saturated heterocycles. The zero-order chi connectivity index (χ0) is 21.2. The smallest absolute Gasteiger partial charge is 0.278 e. The van der Waals surface area contributed by atoms with Crippen LogP contribution in [0.3, 0.4) is 0 Å². The fourth-order valence-corrected chi connectivity index (χ4v) is 3.73. The summed E-state index contributed by atoms with van der Waals surface area (Å²) < 4.78 is 52.4. The van der Waals surface area contributed by atoms with Gasteiger partial charge in [-0.3, -0.25) is 4.55 Å². The Morgan fingerprint density at radius 2 is 1.86 bits per heavy atom. The molecule has 0 unspecified atom stereocenters. The van der Waals surface area contributed by atoms with Crippen LogP contribution in [0.2, 0.25) is 5.02 Å². The number of fused-ring (bicyclic) bond motifs is 1. The Bertz CT molecular complexity index is 986. The first kappa shape index (κ1) is 21.8. The molecule has 9 heteroatoms. The second-order valence-corrected chi connectivity index (χ2v) is 9.11. The summed E-state index contributed by atoms with van der Waals surface area (Å²) in [4.78, 5) is 0. The molecule has 0 bridgehead atoms. The van der Waals surface area contributed by atoms with Gasteiger partial charge in [0.25, 0.3) is 15.9 Å². The number of piperidine rings is 1. The molecule has 2 aromatic carbocycles. The highest BCUT2D eigenvalue weighted by Crippen LogP contribution is 2.49. The molecule has 0 saturated carbocycles. The van der Waals surface area contributed by atoms with Crippen molar-refractivity contribution in [2.45, 2.75) is 31.5 Å². The molecule has 2 aliphatic rings. The molecule has 2 heterocycles. The van der Waals surface area contributed by atoms with Gasteiger partial charge in [0.15, 0.2) is 11.5 Å². The standard InChI is InChI=1S/C19H19ClFNO2.CH4O3S/c1-19(15-6-5-13(20)11-16(15)21)23-17-4-2-3-14(18(17)24-19)12-7-9-22-10-8-12;1-5(2,3)4/h2-6,11-12,22H,7-10H2,1H3;1H3,(H,2,3,4)/t19-;/m1./s1. The highest BCUT2D eigenvalue weighted by molar-refractivity contribution is 7.85. The van der Waals surface area contributed by atoms with Gasteiger partial charge in [-0.1, -0.05) is 23.7 Å². The molecule has 2 N–H and O–H groups in total. The van der Waals surface area contributed by atoms with Gasteiger partial charge < -0.3 is 14.8 Å². The SMILES string of the molecule is CS(=O)(=O)O.C[C@@]1(c2ccc(Cl)cc2F)Oc2cccc(C3CCNCC3)c2O1. The molecular formula is C20H23ClFNO5S. The summed E-state index contributed by atoms with van der Waals surface area (Å²) >= 11 is 5.86. The fraction of sp³-hybridized carbons (Fsp3) is 0.400. The van der Waals surface area contributed by atoms with E-state index in [4.69, 9.17) is 25.6 Å². The summed E-state index contributed by atoms with van der Waals surface area (Å²) in [6, 6.07) is 10.5. The summed E-state index contributed by atoms with van der Waals surface area (Å²) in [5.74, 6) is 0.229. The topological polar surface area (TPSA) is 84.9 Å². The van der Waals surface area contributed by atoms with Crippen LogP contribution in [-0.2, 0) is 15.9 Å². The lowest BCUT2D eigenvalue weighted by Crippen LogP contribution is -2.33. The summed E-state index contributed by atoms with van der Waals surface area (Å²) in [5, 5.41) is 3.73. The van der Waals surface area contributed by atoms with Gasteiger partial charge in [-0.2, -0.15) is 8.42 Å². The Labute approximate surface area is 174 Å². The average molecular weight is 444 g/mol. The third-order valence-corrected chi connectivity index (χ3v) is 5.05. The summed E-state index contributed by atoms with van der Waals surface area (Å²) in [6.07, 6.45) is 2.84. The summed E-state index contributed by atoms with van der Waals surface area (Å²) in [6.45, 7) is 3.74. The quantitative estimate of drug-likeness (QED) is 0.680. The van der Waals surface area contributed by atoms with Gasteiger partial charge in [0, 0.05) is 17.5 Å². The van der Waals surface area contributed by atoms with Crippen LogP contribution in [0, 0.1) is 5.82 Å². The Hall–Kier alpha value is -1.87. The highest BCUT2D eigenvalue weighted by Gasteiger charge is 2.42. The van der Waals surface area contributed by atoms with Crippen molar-refractivity contribution in [3.8, 4) is 11.5 Å². The van der Waals surface area contributed by atoms with Crippen LogP contribution in [-0.4, -0.2) is 32.3 Å². The minimum Gasteiger partial charge on any atom is -0.444 e. The van der Waals surface area contributed by atoms with Gasteiger partial charge in [-0.15, -0.1) is 0 Å². The van der Waals surface area contributed by atoms with Crippen LogP contribution in [0.5, 0.6) is 11.5 Å². The lowest BCUT2D eigenvalue weighted by molar-refractivity contribution is -0.0711. The van der Waals surface area contributed by atoms with E-state index >= 15 is 0 Å². The van der Waals surface area contributed by atoms with Gasteiger partial charge in [-0.05, 0) is 56.1 Å². The van der Waals surface area contributed by atoms with Crippen molar-refractivity contribution in [3.05, 3.63) is 58.4 Å². The lowest BCUT2D eigenvalue weighted by Gasteiger charge is -2.26. The van der Waals surface area contributed by atoms with E-state index in [0.29, 0.717) is 28.5 Å². The van der Waals surface area contributed by atoms with E-state index in [1.54, 1.807) is 19.1 Å². The molecule has 0 radical (unpaired) electrons. The van der Waals surface area contributed by atoms with E-state index in [2.05, 4.69) is 11.4 Å². The Morgan fingerprint density at radius 1 is 1.21 bits per heavy atom. The Morgan fingerprint density at radius 3 is 2.48 bits per heavy atom. The minimum absolute atomic E-state index is 0.347. The van der Waals surface area contributed by atoms with E-state index in [0.717, 1.165) is 37.2 Å². The van der Waals surface area contributed by atoms with E-state index in [-0.39, 0.29) is 0 Å². The number of halogens is 2. The zero-order valence-electron chi connectivity index (χ0n) is 16.1. The largest absolute Gasteiger partial charge is 0.444 e. The fourth-order valence-electron chi connectivity index (χ4n) is 3.57. The van der Waals surface area contributed by atoms with E-state index in [1.807, 2.05) is 12.1 Å². The molecule has 2 aliphatic heterocycles. The predicted molar refractivity (Wildman–Crippen MR) is 109 cm³/mol. The third-order valence-electron chi connectivity index (χ3n) is 4.81. The monoisotopic (exact) mass is 443 g/mol. The molecule has 0 spiro atoms. The molecular weight excluding hydrogens is 421 g/mol. The molecule has 0 aromatic heterocycles. The number of hydrogen-bond acceptors (Lipinski definition) is 5. The number of hydrogen-bond donors (Lipinski definition) is 2. The van der Waals surface area contributed by atoms with Crippen molar-refractivity contribution in [2.24, 2.45) is 0 Å². The maximum Gasteiger partial charge on any atom is 0.278 e. The molecule has 1 fully saturated rings. The third kappa shape index (κ3) is 5.39. The Kier molecular flexibility index (Phi) is 6.38. The van der Waals surface area contributed by atoms with E-state index < -0.39 is 21.7 Å². The van der Waals surface area contributed by atoms with Crippen LogP contribution in [0.25, 0.3) is 0 Å². The van der Waals surface area contributed by atoms with Crippen molar-refractivity contribution in [3.63, 3.8) is 0 Å². The predicted octanol–water partition coefficient (Wildman–Crippen LogP) is 4.09. The summed E-state index contributed by atoms with van der Waals surface area (Å²) in [7, 11) is -3.67.